The normalized spacial score (nSPS) is 15.1. The molecule has 3 rings (SSSR count). The molecule has 2 aromatic rings. The molecule has 0 spiro atoms. The lowest BCUT2D eigenvalue weighted by Gasteiger charge is -2.27. The van der Waals surface area contributed by atoms with E-state index < -0.39 is 5.97 Å². The summed E-state index contributed by atoms with van der Waals surface area (Å²) < 4.78 is 2.07. The molecule has 0 amide bonds. The Balaban J connectivity index is 1.74. The summed E-state index contributed by atoms with van der Waals surface area (Å²) >= 11 is 0. The van der Waals surface area contributed by atoms with Crippen LogP contribution < -0.4 is 0 Å². The molecule has 0 saturated carbocycles. The largest absolute Gasteiger partial charge is 0.478 e. The van der Waals surface area contributed by atoms with E-state index >= 15 is 0 Å². The number of carboxylic acids is 1. The molecule has 6 heteroatoms. The molecule has 0 saturated heterocycles. The third kappa shape index (κ3) is 2.42. The zero-order chi connectivity index (χ0) is 14.1. The number of hydrogen-bond donors (Lipinski definition) is 1. The van der Waals surface area contributed by atoms with Gasteiger partial charge in [0.05, 0.1) is 12.1 Å². The van der Waals surface area contributed by atoms with Crippen molar-refractivity contribution in [2.45, 2.75) is 26.6 Å². The van der Waals surface area contributed by atoms with Crippen molar-refractivity contribution in [2.75, 3.05) is 6.54 Å². The van der Waals surface area contributed by atoms with E-state index in [-0.39, 0.29) is 0 Å². The van der Waals surface area contributed by atoms with Gasteiger partial charge in [-0.3, -0.25) is 4.90 Å². The van der Waals surface area contributed by atoms with Gasteiger partial charge in [0, 0.05) is 19.6 Å². The number of rotatable bonds is 3. The van der Waals surface area contributed by atoms with E-state index in [1.165, 1.54) is 0 Å². The Bertz CT molecular complexity index is 650. The molecular formula is C14H16N4O2. The Morgan fingerprint density at radius 1 is 1.40 bits per heavy atom. The number of carboxylic acid groups (broad SMARTS) is 1. The second-order valence-electron chi connectivity index (χ2n) is 5.10. The number of fused-ring (bicyclic) bond motifs is 1. The fourth-order valence-corrected chi connectivity index (χ4v) is 2.50. The summed E-state index contributed by atoms with van der Waals surface area (Å²) in [6, 6.07) is 5.29. The van der Waals surface area contributed by atoms with Crippen molar-refractivity contribution >= 4 is 5.97 Å². The number of hydrogen-bond acceptors (Lipinski definition) is 4. The Morgan fingerprint density at radius 2 is 2.25 bits per heavy atom. The Morgan fingerprint density at radius 3 is 3.00 bits per heavy atom. The van der Waals surface area contributed by atoms with E-state index in [1.807, 2.05) is 13.0 Å². The van der Waals surface area contributed by atoms with E-state index in [0.29, 0.717) is 5.56 Å². The highest BCUT2D eigenvalue weighted by atomic mass is 16.4. The molecule has 2 heterocycles. The van der Waals surface area contributed by atoms with Crippen LogP contribution in [0.25, 0.3) is 0 Å². The van der Waals surface area contributed by atoms with Gasteiger partial charge >= 0.3 is 5.97 Å². The minimum atomic E-state index is -0.884. The summed E-state index contributed by atoms with van der Waals surface area (Å²) in [6.07, 6.45) is 1.76. The van der Waals surface area contributed by atoms with Crippen molar-refractivity contribution in [1.29, 1.82) is 0 Å². The standard InChI is InChI=1S/C14H16N4O2/c1-10-6-11(14(19)20)2-3-12(10)7-17-4-5-18-9-15-16-13(18)8-17/h2-3,6,9H,4-5,7-8H2,1H3,(H,19,20). The Kier molecular flexibility index (Phi) is 3.23. The average Bonchev–Trinajstić information content (AvgIpc) is 2.88. The van der Waals surface area contributed by atoms with Gasteiger partial charge in [0.2, 0.25) is 0 Å². The lowest BCUT2D eigenvalue weighted by atomic mass is 10.0. The van der Waals surface area contributed by atoms with Gasteiger partial charge in [0.15, 0.2) is 0 Å². The van der Waals surface area contributed by atoms with E-state index in [1.54, 1.807) is 18.5 Å². The molecule has 20 heavy (non-hydrogen) atoms. The second kappa shape index (κ2) is 5.05. The lowest BCUT2D eigenvalue weighted by Crippen LogP contribution is -2.33. The van der Waals surface area contributed by atoms with Crippen molar-refractivity contribution < 1.29 is 9.90 Å². The first kappa shape index (κ1) is 12.8. The minimum Gasteiger partial charge on any atom is -0.478 e. The number of carbonyl (C=O) groups is 1. The SMILES string of the molecule is Cc1cc(C(=O)O)ccc1CN1CCn2cnnc2C1. The van der Waals surface area contributed by atoms with Gasteiger partial charge in [-0.15, -0.1) is 10.2 Å². The minimum absolute atomic E-state index is 0.338. The summed E-state index contributed by atoms with van der Waals surface area (Å²) in [5.41, 5.74) is 2.50. The van der Waals surface area contributed by atoms with Crippen molar-refractivity contribution in [3.63, 3.8) is 0 Å². The molecule has 0 bridgehead atoms. The quantitative estimate of drug-likeness (QED) is 0.912. The molecule has 1 aromatic carbocycles. The van der Waals surface area contributed by atoms with E-state index in [0.717, 1.165) is 43.1 Å². The van der Waals surface area contributed by atoms with Crippen molar-refractivity contribution in [2.24, 2.45) is 0 Å². The molecule has 1 aliphatic rings. The predicted octanol–water partition coefficient (Wildman–Crippen LogP) is 1.30. The summed E-state index contributed by atoms with van der Waals surface area (Å²) in [6.45, 7) is 5.38. The van der Waals surface area contributed by atoms with Gasteiger partial charge in [-0.2, -0.15) is 0 Å². The van der Waals surface area contributed by atoms with Crippen LogP contribution in [0.15, 0.2) is 24.5 Å². The molecule has 0 fully saturated rings. The Labute approximate surface area is 116 Å². The molecular weight excluding hydrogens is 256 g/mol. The van der Waals surface area contributed by atoms with Gasteiger partial charge in [-0.25, -0.2) is 4.79 Å². The van der Waals surface area contributed by atoms with Crippen LogP contribution in [-0.2, 0) is 19.6 Å². The van der Waals surface area contributed by atoms with Crippen LogP contribution in [0.3, 0.4) is 0 Å². The maximum atomic E-state index is 10.9. The van der Waals surface area contributed by atoms with E-state index in [2.05, 4.69) is 19.7 Å². The fourth-order valence-electron chi connectivity index (χ4n) is 2.50. The molecule has 1 aliphatic heterocycles. The van der Waals surface area contributed by atoms with Crippen LogP contribution in [-0.4, -0.2) is 37.3 Å². The smallest absolute Gasteiger partial charge is 0.335 e. The van der Waals surface area contributed by atoms with Gasteiger partial charge in [0.1, 0.15) is 12.2 Å². The second-order valence-corrected chi connectivity index (χ2v) is 5.10. The zero-order valence-electron chi connectivity index (χ0n) is 11.3. The number of aromatic nitrogens is 3. The summed E-state index contributed by atoms with van der Waals surface area (Å²) in [7, 11) is 0. The number of aryl methyl sites for hydroxylation is 1. The third-order valence-corrected chi connectivity index (χ3v) is 3.70. The first-order valence-corrected chi connectivity index (χ1v) is 6.55. The van der Waals surface area contributed by atoms with Crippen molar-refractivity contribution in [1.82, 2.24) is 19.7 Å². The Hall–Kier alpha value is -2.21. The number of benzene rings is 1. The van der Waals surface area contributed by atoms with E-state index in [4.69, 9.17) is 5.11 Å². The van der Waals surface area contributed by atoms with Gasteiger partial charge in [0.25, 0.3) is 0 Å². The maximum Gasteiger partial charge on any atom is 0.335 e. The van der Waals surface area contributed by atoms with Crippen molar-refractivity contribution in [3.05, 3.63) is 47.0 Å². The molecule has 0 atom stereocenters. The van der Waals surface area contributed by atoms with Crippen LogP contribution in [0.1, 0.15) is 27.3 Å². The highest BCUT2D eigenvalue weighted by Crippen LogP contribution is 2.17. The summed E-state index contributed by atoms with van der Waals surface area (Å²) in [4.78, 5) is 13.2. The maximum absolute atomic E-state index is 10.9. The van der Waals surface area contributed by atoms with Crippen LogP contribution in [0.4, 0.5) is 0 Å². The molecule has 1 aromatic heterocycles. The molecule has 0 radical (unpaired) electrons. The van der Waals surface area contributed by atoms with Gasteiger partial charge in [-0.05, 0) is 30.2 Å². The highest BCUT2D eigenvalue weighted by Gasteiger charge is 2.18. The zero-order valence-corrected chi connectivity index (χ0v) is 11.3. The molecule has 0 aliphatic carbocycles. The predicted molar refractivity (Wildman–Crippen MR) is 72.3 cm³/mol. The first-order chi connectivity index (χ1) is 9.63. The van der Waals surface area contributed by atoms with Crippen LogP contribution in [0.2, 0.25) is 0 Å². The molecule has 6 nitrogen and oxygen atoms in total. The monoisotopic (exact) mass is 272 g/mol. The van der Waals surface area contributed by atoms with Crippen molar-refractivity contribution in [3.8, 4) is 0 Å². The van der Waals surface area contributed by atoms with Crippen LogP contribution in [0.5, 0.6) is 0 Å². The van der Waals surface area contributed by atoms with Gasteiger partial charge in [-0.1, -0.05) is 6.07 Å². The lowest BCUT2D eigenvalue weighted by molar-refractivity contribution is 0.0696. The summed E-state index contributed by atoms with van der Waals surface area (Å²) in [5, 5.41) is 17.0. The first-order valence-electron chi connectivity index (χ1n) is 6.55. The van der Waals surface area contributed by atoms with Gasteiger partial charge < -0.3 is 9.67 Å². The molecule has 0 unspecified atom stereocenters. The third-order valence-electron chi connectivity index (χ3n) is 3.70. The average molecular weight is 272 g/mol. The number of nitrogens with zero attached hydrogens (tertiary/aromatic N) is 4. The highest BCUT2D eigenvalue weighted by molar-refractivity contribution is 5.87. The molecule has 104 valence electrons. The van der Waals surface area contributed by atoms with E-state index in [9.17, 15) is 4.79 Å². The topological polar surface area (TPSA) is 71.2 Å². The summed E-state index contributed by atoms with van der Waals surface area (Å²) in [5.74, 6) is 0.0989. The van der Waals surface area contributed by atoms with Crippen LogP contribution >= 0.6 is 0 Å². The number of aromatic carboxylic acids is 1. The fraction of sp³-hybridized carbons (Fsp3) is 0.357. The molecule has 1 N–H and O–H groups in total. The van der Waals surface area contributed by atoms with Crippen LogP contribution in [0, 0.1) is 6.92 Å².